The molecule has 6 heteroatoms. The number of rotatable bonds is 7. The van der Waals surface area contributed by atoms with E-state index in [-0.39, 0.29) is 0 Å². The highest BCUT2D eigenvalue weighted by molar-refractivity contribution is 6.12. The van der Waals surface area contributed by atoms with Crippen LogP contribution in [0.4, 0.5) is 5.69 Å². The molecule has 0 saturated heterocycles. The van der Waals surface area contributed by atoms with Crippen molar-refractivity contribution in [2.24, 2.45) is 0 Å². The Kier molecular flexibility index (Phi) is 9.67. The van der Waals surface area contributed by atoms with Gasteiger partial charge in [-0.15, -0.1) is 0 Å². The SMILES string of the molecule is [C-]#[N+]c1ccc(-c2ccc(-c3cc(-c4nc(-c5ccccc5)nc(-c5ccccc5)n4)ccc3-n3c4ccc(C)cc4c4cc(C)ccc43)c(-n3c4ccc(C)cc4c4cc(C)ccc43)c2)cc1. The lowest BCUT2D eigenvalue weighted by Crippen LogP contribution is -2.04. The first kappa shape index (κ1) is 40.6. The van der Waals surface area contributed by atoms with Gasteiger partial charge in [-0.1, -0.05) is 144 Å². The van der Waals surface area contributed by atoms with Crippen molar-refractivity contribution < 1.29 is 0 Å². The molecular formula is C62H44N6. The zero-order valence-electron chi connectivity index (χ0n) is 38.2. The molecule has 0 unspecified atom stereocenters. The Morgan fingerprint density at radius 1 is 0.338 bits per heavy atom. The predicted octanol–water partition coefficient (Wildman–Crippen LogP) is 16.2. The number of hydrogen-bond donors (Lipinski definition) is 0. The van der Waals surface area contributed by atoms with Crippen LogP contribution in [-0.2, 0) is 0 Å². The maximum Gasteiger partial charge on any atom is 0.187 e. The molecule has 0 bridgehead atoms. The molecule has 0 radical (unpaired) electrons. The lowest BCUT2D eigenvalue weighted by molar-refractivity contribution is 1.07. The Hall–Kier alpha value is -8.92. The molecule has 12 rings (SSSR count). The van der Waals surface area contributed by atoms with Crippen LogP contribution in [0.25, 0.3) is 116 Å². The lowest BCUT2D eigenvalue weighted by Gasteiger charge is -2.21. The third kappa shape index (κ3) is 6.92. The summed E-state index contributed by atoms with van der Waals surface area (Å²) in [7, 11) is 0. The molecule has 0 atom stereocenters. The van der Waals surface area contributed by atoms with Crippen molar-refractivity contribution in [3.05, 3.63) is 228 Å². The van der Waals surface area contributed by atoms with Crippen molar-refractivity contribution in [2.75, 3.05) is 0 Å². The van der Waals surface area contributed by atoms with Crippen molar-refractivity contribution in [1.29, 1.82) is 0 Å². The number of benzene rings is 9. The van der Waals surface area contributed by atoms with E-state index in [1.807, 2.05) is 84.9 Å². The standard InChI is InChI=1S/C62H44N6/c1-38-16-27-54-49(32-38)50-33-39(2)17-28-55(50)67(54)58-31-23-46(62-65-60(43-12-8-6-9-13-43)64-61(66-62)44-14-10-7-11-15-44)36-53(58)48-26-22-45(42-20-24-47(63-5)25-21-42)37-59(48)68-56-29-18-40(3)34-51(56)52-35-41(4)19-30-57(52)68/h6-37H,1-4H3. The van der Waals surface area contributed by atoms with Gasteiger partial charge >= 0.3 is 0 Å². The Balaban J connectivity index is 1.20. The second-order valence-corrected chi connectivity index (χ2v) is 17.9. The maximum atomic E-state index is 7.65. The zero-order chi connectivity index (χ0) is 46.0. The average molecular weight is 873 g/mol. The van der Waals surface area contributed by atoms with Gasteiger partial charge in [-0.3, -0.25) is 0 Å². The largest absolute Gasteiger partial charge is 0.309 e. The van der Waals surface area contributed by atoms with Crippen LogP contribution < -0.4 is 0 Å². The van der Waals surface area contributed by atoms with Crippen LogP contribution in [0.3, 0.4) is 0 Å². The molecule has 68 heavy (non-hydrogen) atoms. The summed E-state index contributed by atoms with van der Waals surface area (Å²) in [6.45, 7) is 16.3. The summed E-state index contributed by atoms with van der Waals surface area (Å²) in [5.41, 5.74) is 18.9. The van der Waals surface area contributed by atoms with Crippen molar-refractivity contribution >= 4 is 49.3 Å². The normalized spacial score (nSPS) is 11.5. The van der Waals surface area contributed by atoms with Gasteiger partial charge in [-0.2, -0.15) is 0 Å². The fourth-order valence-electron chi connectivity index (χ4n) is 9.90. The topological polar surface area (TPSA) is 52.9 Å². The first-order chi connectivity index (χ1) is 33.3. The summed E-state index contributed by atoms with van der Waals surface area (Å²) in [5, 5.41) is 4.83. The third-order valence-electron chi connectivity index (χ3n) is 13.2. The second-order valence-electron chi connectivity index (χ2n) is 17.9. The Labute approximate surface area is 394 Å². The van der Waals surface area contributed by atoms with Crippen molar-refractivity contribution in [2.45, 2.75) is 27.7 Å². The smallest absolute Gasteiger partial charge is 0.187 e. The summed E-state index contributed by atoms with van der Waals surface area (Å²) in [6, 6.07) is 68.8. The van der Waals surface area contributed by atoms with E-state index in [9.17, 15) is 0 Å². The molecule has 0 amide bonds. The molecular weight excluding hydrogens is 829 g/mol. The minimum atomic E-state index is 0.583. The summed E-state index contributed by atoms with van der Waals surface area (Å²) in [5.74, 6) is 1.80. The summed E-state index contributed by atoms with van der Waals surface area (Å²) in [6.07, 6.45) is 0. The van der Waals surface area contributed by atoms with Crippen LogP contribution in [0.5, 0.6) is 0 Å². The zero-order valence-corrected chi connectivity index (χ0v) is 38.2. The van der Waals surface area contributed by atoms with Crippen LogP contribution in [0.1, 0.15) is 22.3 Å². The van der Waals surface area contributed by atoms with Crippen LogP contribution >= 0.6 is 0 Å². The van der Waals surface area contributed by atoms with Gasteiger partial charge < -0.3 is 9.13 Å². The monoisotopic (exact) mass is 872 g/mol. The molecule has 3 aromatic heterocycles. The first-order valence-corrected chi connectivity index (χ1v) is 23.0. The van der Waals surface area contributed by atoms with Gasteiger partial charge in [0.2, 0.25) is 0 Å². The van der Waals surface area contributed by atoms with E-state index in [2.05, 4.69) is 151 Å². The molecule has 3 heterocycles. The quantitative estimate of drug-likeness (QED) is 0.150. The van der Waals surface area contributed by atoms with Crippen molar-refractivity contribution in [3.63, 3.8) is 0 Å². The van der Waals surface area contributed by atoms with E-state index < -0.39 is 0 Å². The van der Waals surface area contributed by atoms with Gasteiger partial charge in [0.15, 0.2) is 23.2 Å². The molecule has 12 aromatic rings. The predicted molar refractivity (Wildman–Crippen MR) is 281 cm³/mol. The van der Waals surface area contributed by atoms with E-state index in [1.165, 1.54) is 43.8 Å². The Morgan fingerprint density at radius 3 is 1.21 bits per heavy atom. The molecule has 322 valence electrons. The molecule has 9 aromatic carbocycles. The molecule has 0 fully saturated rings. The first-order valence-electron chi connectivity index (χ1n) is 23.0. The van der Waals surface area contributed by atoms with E-state index in [4.69, 9.17) is 21.5 Å². The third-order valence-corrected chi connectivity index (χ3v) is 13.2. The highest BCUT2D eigenvalue weighted by Crippen LogP contribution is 2.44. The fourth-order valence-corrected chi connectivity index (χ4v) is 9.90. The van der Waals surface area contributed by atoms with Gasteiger partial charge in [0.25, 0.3) is 0 Å². The van der Waals surface area contributed by atoms with Crippen molar-refractivity contribution in [1.82, 2.24) is 24.1 Å². The van der Waals surface area contributed by atoms with Crippen LogP contribution in [0.15, 0.2) is 194 Å². The second kappa shape index (κ2) is 16.2. The minimum Gasteiger partial charge on any atom is -0.309 e. The fraction of sp³-hybridized carbons (Fsp3) is 0.0645. The Bertz CT molecular complexity index is 3830. The average Bonchev–Trinajstić information content (AvgIpc) is 3.86. The van der Waals surface area contributed by atoms with Gasteiger partial charge in [0, 0.05) is 49.4 Å². The number of fused-ring (bicyclic) bond motifs is 6. The number of hydrogen-bond acceptors (Lipinski definition) is 3. The summed E-state index contributed by atoms with van der Waals surface area (Å²) in [4.78, 5) is 19.2. The number of aryl methyl sites for hydroxylation is 4. The minimum absolute atomic E-state index is 0.583. The van der Waals surface area contributed by atoms with Gasteiger partial charge in [-0.25, -0.2) is 19.8 Å². The van der Waals surface area contributed by atoms with E-state index in [1.54, 1.807) is 0 Å². The summed E-state index contributed by atoms with van der Waals surface area (Å²) >= 11 is 0. The van der Waals surface area contributed by atoms with Gasteiger partial charge in [-0.05, 0) is 112 Å². The molecule has 0 saturated carbocycles. The number of aromatic nitrogens is 5. The number of nitrogens with zero attached hydrogens (tertiary/aromatic N) is 6. The molecule has 0 N–H and O–H groups in total. The Morgan fingerprint density at radius 2 is 0.750 bits per heavy atom. The summed E-state index contributed by atoms with van der Waals surface area (Å²) < 4.78 is 4.87. The maximum absolute atomic E-state index is 7.65. The van der Waals surface area contributed by atoms with Gasteiger partial charge in [0.1, 0.15) is 0 Å². The van der Waals surface area contributed by atoms with Crippen LogP contribution in [-0.4, -0.2) is 24.1 Å². The molecule has 0 spiro atoms. The highest BCUT2D eigenvalue weighted by Gasteiger charge is 2.23. The van der Waals surface area contributed by atoms with E-state index in [0.717, 1.165) is 72.4 Å². The van der Waals surface area contributed by atoms with Crippen molar-refractivity contribution in [3.8, 4) is 67.8 Å². The molecule has 0 aliphatic carbocycles. The van der Waals surface area contributed by atoms with E-state index >= 15 is 0 Å². The molecule has 6 nitrogen and oxygen atoms in total. The van der Waals surface area contributed by atoms with Gasteiger partial charge in [0.05, 0.1) is 40.0 Å². The van der Waals surface area contributed by atoms with Crippen LogP contribution in [0.2, 0.25) is 0 Å². The molecule has 0 aliphatic heterocycles. The molecule has 0 aliphatic rings. The van der Waals surface area contributed by atoms with Crippen LogP contribution in [0, 0.1) is 34.3 Å². The lowest BCUT2D eigenvalue weighted by atomic mass is 9.94. The van der Waals surface area contributed by atoms with E-state index in [0.29, 0.717) is 23.2 Å². The highest BCUT2D eigenvalue weighted by atomic mass is 15.0.